The third-order valence-electron chi connectivity index (χ3n) is 14.7. The van der Waals surface area contributed by atoms with E-state index >= 15 is 14.4 Å². The van der Waals surface area contributed by atoms with Gasteiger partial charge in [0.1, 0.15) is 66.5 Å². The van der Waals surface area contributed by atoms with Crippen LogP contribution in [0.4, 0.5) is 5.69 Å². The Labute approximate surface area is 488 Å². The fraction of sp³-hybridized carbons (Fsp3) is 0.482. The van der Waals surface area contributed by atoms with Crippen LogP contribution in [0.2, 0.25) is 0 Å². The number of aliphatic carboxylic acids is 2. The number of nitrogens with two attached hydrogens (primary N) is 1. The number of amides is 8. The number of carboxylic acid groups (broad SMARTS) is 2. The molecule has 0 unspecified atom stereocenters. The highest BCUT2D eigenvalue weighted by Gasteiger charge is 2.48. The van der Waals surface area contributed by atoms with E-state index in [0.717, 1.165) is 22.3 Å². The standard InChI is InChI=1S/C56H71N11O16S/c1-6-36-52(77)66-23-11-14-38(66)53(78)65(5)40(24-31-16-18-34(19-17-31)64(3)4)54(79)67-27-33(28-84-29-37(48(73)59-26-44(71)72)60-43(70)21-20-35(57)55(80)81)42(69)25-39(67)49(74)63-46(32-12-8-7-9-13-32)56(82)83-30(2)45(50(75)61-36)62-51(76)47-41(68)15-10-22-58-47/h7-10,12-13,15-19,22,30,33,35-40,45-46,68H,6,11,14,20-21,23-29,57H2,1-5H3,(H,59,73)(H,60,70)(H,61,75)(H,62,76)(H,63,74)(H,71,72)(H,80,81)/t30-,33+,35+,36+,37+,38+,39+,40+,45+,46+/m1/s1. The molecular weight excluding hydrogens is 1110 g/mol. The lowest BCUT2D eigenvalue weighted by atomic mass is 9.90. The van der Waals surface area contributed by atoms with Crippen LogP contribution in [-0.2, 0) is 63.9 Å². The number of nitrogens with one attached hydrogen (secondary N) is 5. The van der Waals surface area contributed by atoms with E-state index in [1.165, 1.54) is 54.2 Å². The van der Waals surface area contributed by atoms with E-state index in [1.54, 1.807) is 49.4 Å². The number of aromatic nitrogens is 1. The minimum absolute atomic E-state index is 0.0225. The van der Waals surface area contributed by atoms with Crippen LogP contribution < -0.4 is 37.2 Å². The molecule has 0 spiro atoms. The average Bonchev–Trinajstić information content (AvgIpc) is 2.68. The number of Topliss-reactive ketones (excluding diaryl/α,β-unsaturated/α-hetero) is 1. The van der Waals surface area contributed by atoms with Crippen LogP contribution in [0, 0.1) is 5.92 Å². The molecule has 0 radical (unpaired) electrons. The molecule has 1 aromatic heterocycles. The molecule has 28 heteroatoms. The summed E-state index contributed by atoms with van der Waals surface area (Å²) in [6.45, 7) is 1.65. The fourth-order valence-electron chi connectivity index (χ4n) is 9.90. The number of aromatic hydroxyl groups is 1. The number of thioether (sulfide) groups is 1. The number of hydrogen-bond acceptors (Lipinski definition) is 18. The molecule has 3 aliphatic rings. The number of carbonyl (C=O) groups excluding carboxylic acids is 10. The number of benzene rings is 2. The van der Waals surface area contributed by atoms with Gasteiger partial charge in [0.2, 0.25) is 41.4 Å². The first-order valence-corrected chi connectivity index (χ1v) is 28.4. The van der Waals surface area contributed by atoms with Crippen molar-refractivity contribution >= 4 is 88.4 Å². The van der Waals surface area contributed by atoms with Gasteiger partial charge in [0.25, 0.3) is 5.91 Å². The van der Waals surface area contributed by atoms with E-state index in [4.69, 9.17) is 10.5 Å². The Balaban J connectivity index is 1.42. The first-order chi connectivity index (χ1) is 39.9. The van der Waals surface area contributed by atoms with Gasteiger partial charge in [-0.15, -0.1) is 0 Å². The number of fused-ring (bicyclic) bond motifs is 2. The number of pyridine rings is 1. The van der Waals surface area contributed by atoms with E-state index in [-0.39, 0.29) is 49.3 Å². The molecule has 84 heavy (non-hydrogen) atoms. The summed E-state index contributed by atoms with van der Waals surface area (Å²) < 4.78 is 5.92. The van der Waals surface area contributed by atoms with Gasteiger partial charge in [-0.1, -0.05) is 49.4 Å². The first-order valence-electron chi connectivity index (χ1n) is 27.2. The van der Waals surface area contributed by atoms with Crippen molar-refractivity contribution in [1.29, 1.82) is 0 Å². The van der Waals surface area contributed by atoms with Gasteiger partial charge in [-0.25, -0.2) is 9.78 Å². The Bertz CT molecular complexity index is 2950. The second-order valence-corrected chi connectivity index (χ2v) is 21.9. The Morgan fingerprint density at radius 1 is 0.893 bits per heavy atom. The van der Waals surface area contributed by atoms with Crippen molar-refractivity contribution in [2.45, 2.75) is 113 Å². The van der Waals surface area contributed by atoms with Crippen molar-refractivity contribution in [1.82, 2.24) is 46.3 Å². The molecule has 0 aliphatic carbocycles. The van der Waals surface area contributed by atoms with Gasteiger partial charge in [-0.05, 0) is 68.0 Å². The second-order valence-electron chi connectivity index (χ2n) is 20.8. The van der Waals surface area contributed by atoms with Gasteiger partial charge in [-0.3, -0.25) is 52.7 Å². The van der Waals surface area contributed by atoms with E-state index in [9.17, 15) is 58.5 Å². The zero-order chi connectivity index (χ0) is 61.5. The van der Waals surface area contributed by atoms with Crippen LogP contribution in [0.25, 0.3) is 0 Å². The number of esters is 1. The maximum absolute atomic E-state index is 15.8. The zero-order valence-corrected chi connectivity index (χ0v) is 47.9. The summed E-state index contributed by atoms with van der Waals surface area (Å²) in [5, 5.41) is 41.4. The van der Waals surface area contributed by atoms with Crippen molar-refractivity contribution in [3.63, 3.8) is 0 Å². The van der Waals surface area contributed by atoms with E-state index in [1.807, 2.05) is 19.0 Å². The number of likely N-dealkylation sites (N-methyl/N-ethyl adjacent to an activating group) is 1. The van der Waals surface area contributed by atoms with Gasteiger partial charge < -0.3 is 72.0 Å². The van der Waals surface area contributed by atoms with Crippen molar-refractivity contribution in [3.05, 3.63) is 89.7 Å². The Morgan fingerprint density at radius 2 is 1.60 bits per heavy atom. The Kier molecular flexibility index (Phi) is 22.7. The van der Waals surface area contributed by atoms with E-state index in [2.05, 4.69) is 31.6 Å². The Morgan fingerprint density at radius 3 is 2.24 bits per heavy atom. The van der Waals surface area contributed by atoms with Gasteiger partial charge in [0.05, 0.1) is 0 Å². The summed E-state index contributed by atoms with van der Waals surface area (Å²) in [5.74, 6) is -13.5. The van der Waals surface area contributed by atoms with Gasteiger partial charge in [-0.2, -0.15) is 11.8 Å². The minimum Gasteiger partial charge on any atom is -0.505 e. The fourth-order valence-corrected chi connectivity index (χ4v) is 11.1. The predicted octanol–water partition coefficient (Wildman–Crippen LogP) is -0.893. The number of carboxylic acids is 2. The maximum Gasteiger partial charge on any atom is 0.333 e. The number of anilines is 1. The molecule has 0 bridgehead atoms. The molecule has 6 rings (SSSR count). The van der Waals surface area contributed by atoms with Crippen LogP contribution in [0.3, 0.4) is 0 Å². The van der Waals surface area contributed by atoms with Crippen LogP contribution in [0.15, 0.2) is 72.9 Å². The summed E-state index contributed by atoms with van der Waals surface area (Å²) in [5.41, 5.74) is 6.61. The van der Waals surface area contributed by atoms with Crippen molar-refractivity contribution in [2.75, 3.05) is 57.2 Å². The minimum atomic E-state index is -1.79. The Hall–Kier alpha value is -8.66. The largest absolute Gasteiger partial charge is 0.505 e. The molecule has 0 saturated carbocycles. The third kappa shape index (κ3) is 16.5. The molecule has 2 aromatic carbocycles. The molecular formula is C56H71N11O16S. The molecule has 3 fully saturated rings. The van der Waals surface area contributed by atoms with Crippen LogP contribution >= 0.6 is 11.8 Å². The number of hydrogen-bond donors (Lipinski definition) is 9. The predicted molar refractivity (Wildman–Crippen MR) is 301 cm³/mol. The van der Waals surface area contributed by atoms with Crippen LogP contribution in [-0.4, -0.2) is 207 Å². The number of rotatable bonds is 19. The number of nitrogens with zero attached hydrogens (tertiary/aromatic N) is 5. The van der Waals surface area contributed by atoms with Gasteiger partial charge in [0, 0.05) is 82.8 Å². The van der Waals surface area contributed by atoms with Crippen molar-refractivity contribution in [2.24, 2.45) is 11.7 Å². The first kappa shape index (κ1) is 64.5. The van der Waals surface area contributed by atoms with Crippen molar-refractivity contribution in [3.8, 4) is 5.75 Å². The molecule has 8 amide bonds. The van der Waals surface area contributed by atoms with E-state index in [0.29, 0.717) is 12.0 Å². The number of carbonyl (C=O) groups is 12. The second kappa shape index (κ2) is 29.5. The third-order valence-corrected chi connectivity index (χ3v) is 15.9. The molecule has 27 nitrogen and oxygen atoms in total. The lowest BCUT2D eigenvalue weighted by molar-refractivity contribution is -0.157. The topological polar surface area (TPSA) is 387 Å². The summed E-state index contributed by atoms with van der Waals surface area (Å²) in [7, 11) is 5.05. The van der Waals surface area contributed by atoms with E-state index < -0.39 is 169 Å². The number of ether oxygens (including phenoxy) is 1. The summed E-state index contributed by atoms with van der Waals surface area (Å²) in [6, 6.07) is 5.48. The zero-order valence-electron chi connectivity index (χ0n) is 47.1. The highest BCUT2D eigenvalue weighted by molar-refractivity contribution is 7.99. The monoisotopic (exact) mass is 1190 g/mol. The molecule has 10 N–H and O–H groups in total. The number of ketones is 1. The SMILES string of the molecule is CC[C@@H]1NC(=O)[C@@H](NC(=O)c2ncccc2O)[C@@H](C)OC(=O)[C@H](c2ccccc2)NC(=O)[C@@H]2CC(=O)[C@H](CSC[C@H](NC(=O)CC[C@H](N)C(=O)O)C(=O)NCC(=O)O)CN2C(=O)[C@H](Cc2ccc(N(C)C)cc2)N(C)C(=O)[C@@H]2CCCN2C1=O. The van der Waals surface area contributed by atoms with Gasteiger partial charge in [0.15, 0.2) is 11.7 Å². The smallest absolute Gasteiger partial charge is 0.333 e. The molecule has 3 aliphatic heterocycles. The van der Waals surface area contributed by atoms with Gasteiger partial charge >= 0.3 is 17.9 Å². The maximum atomic E-state index is 15.8. The summed E-state index contributed by atoms with van der Waals surface area (Å²) >= 11 is 0.967. The lowest BCUT2D eigenvalue weighted by Gasteiger charge is -2.42. The molecule has 452 valence electrons. The number of cyclic esters (lactones) is 1. The summed E-state index contributed by atoms with van der Waals surface area (Å²) in [6.07, 6.45) is -1.42. The summed E-state index contributed by atoms with van der Waals surface area (Å²) in [4.78, 5) is 176. The van der Waals surface area contributed by atoms with Crippen LogP contribution in [0.1, 0.15) is 80.0 Å². The molecule has 3 aromatic rings. The molecule has 4 heterocycles. The molecule has 3 saturated heterocycles. The van der Waals surface area contributed by atoms with Crippen molar-refractivity contribution < 1.29 is 77.6 Å². The quantitative estimate of drug-likeness (QED) is 0.0657. The lowest BCUT2D eigenvalue weighted by Crippen LogP contribution is -2.63. The molecule has 10 atom stereocenters. The highest BCUT2D eigenvalue weighted by atomic mass is 32.2. The number of piperidine rings is 1. The normalized spacial score (nSPS) is 23.5. The highest BCUT2D eigenvalue weighted by Crippen LogP contribution is 2.30. The average molecular weight is 1190 g/mol. The van der Waals surface area contributed by atoms with Crippen LogP contribution in [0.5, 0.6) is 5.75 Å².